The number of rotatable bonds is 0. The molecule has 0 aliphatic carbocycles. The molecule has 50 valence electrons. The maximum absolute atomic E-state index is 5.33. The number of nitrogens with two attached hydrogens (primary N) is 1. The van der Waals surface area contributed by atoms with Gasteiger partial charge in [0.15, 0.2) is 0 Å². The quantitative estimate of drug-likeness (QED) is 0.517. The van der Waals surface area contributed by atoms with Gasteiger partial charge in [-0.05, 0) is 0 Å². The molecular formula is C4H10ClNO2. The summed E-state index contributed by atoms with van der Waals surface area (Å²) in [4.78, 5) is 0. The van der Waals surface area contributed by atoms with E-state index in [4.69, 9.17) is 15.2 Å². The summed E-state index contributed by atoms with van der Waals surface area (Å²) in [5, 5.41) is 0. The van der Waals surface area contributed by atoms with Crippen molar-refractivity contribution < 1.29 is 9.47 Å². The highest BCUT2D eigenvalue weighted by Crippen LogP contribution is 2.09. The highest BCUT2D eigenvalue weighted by molar-refractivity contribution is 5.85. The Hall–Kier alpha value is 0.170. The summed E-state index contributed by atoms with van der Waals surface area (Å²) in [6.07, 6.45) is 0. The molecule has 2 N–H and O–H groups in total. The standard InChI is InChI=1S/C4H9NO2.ClH/c1-4(5)6-2-3-7-4;/h2-3,5H2,1H3;1H. The van der Waals surface area contributed by atoms with E-state index in [1.165, 1.54) is 0 Å². The Balaban J connectivity index is 0.000000490. The van der Waals surface area contributed by atoms with Crippen LogP contribution in [-0.4, -0.2) is 19.1 Å². The lowest BCUT2D eigenvalue weighted by Crippen LogP contribution is -2.36. The SMILES string of the molecule is CC1(N)OCCO1.Cl. The Morgan fingerprint density at radius 1 is 1.38 bits per heavy atom. The van der Waals surface area contributed by atoms with Crippen LogP contribution in [0.3, 0.4) is 0 Å². The van der Waals surface area contributed by atoms with Gasteiger partial charge in [-0.25, -0.2) is 0 Å². The summed E-state index contributed by atoms with van der Waals surface area (Å²) < 4.78 is 9.79. The van der Waals surface area contributed by atoms with Crippen LogP contribution in [0, 0.1) is 0 Å². The molecule has 1 saturated heterocycles. The maximum Gasteiger partial charge on any atom is 0.221 e. The second-order valence-electron chi connectivity index (χ2n) is 1.71. The first-order valence-corrected chi connectivity index (χ1v) is 2.27. The van der Waals surface area contributed by atoms with Gasteiger partial charge in [-0.15, -0.1) is 12.4 Å². The molecule has 3 nitrogen and oxygen atoms in total. The Labute approximate surface area is 54.5 Å². The summed E-state index contributed by atoms with van der Waals surface area (Å²) in [5.41, 5.74) is 5.33. The zero-order valence-corrected chi connectivity index (χ0v) is 5.53. The zero-order valence-electron chi connectivity index (χ0n) is 4.72. The Kier molecular flexibility index (Phi) is 2.70. The van der Waals surface area contributed by atoms with E-state index in [0.717, 1.165) is 0 Å². The van der Waals surface area contributed by atoms with E-state index in [0.29, 0.717) is 13.2 Å². The molecular weight excluding hydrogens is 130 g/mol. The second kappa shape index (κ2) is 2.64. The molecule has 0 amide bonds. The van der Waals surface area contributed by atoms with E-state index < -0.39 is 5.91 Å². The minimum absolute atomic E-state index is 0. The summed E-state index contributed by atoms with van der Waals surface area (Å²) >= 11 is 0. The largest absolute Gasteiger partial charge is 0.335 e. The molecule has 0 atom stereocenters. The first kappa shape index (κ1) is 8.17. The smallest absolute Gasteiger partial charge is 0.221 e. The van der Waals surface area contributed by atoms with E-state index in [2.05, 4.69) is 0 Å². The van der Waals surface area contributed by atoms with Crippen molar-refractivity contribution in [2.24, 2.45) is 5.73 Å². The van der Waals surface area contributed by atoms with Crippen molar-refractivity contribution in [3.63, 3.8) is 0 Å². The third kappa shape index (κ3) is 1.96. The summed E-state index contributed by atoms with van der Waals surface area (Å²) in [5.74, 6) is -0.806. The highest BCUT2D eigenvalue weighted by atomic mass is 35.5. The van der Waals surface area contributed by atoms with E-state index >= 15 is 0 Å². The third-order valence-corrected chi connectivity index (χ3v) is 0.861. The minimum Gasteiger partial charge on any atom is -0.335 e. The van der Waals surface area contributed by atoms with Gasteiger partial charge in [-0.1, -0.05) is 0 Å². The molecule has 1 rings (SSSR count). The van der Waals surface area contributed by atoms with Crippen LogP contribution in [0.1, 0.15) is 6.92 Å². The second-order valence-corrected chi connectivity index (χ2v) is 1.71. The van der Waals surface area contributed by atoms with Crippen LogP contribution in [0.2, 0.25) is 0 Å². The average Bonchev–Trinajstić information content (AvgIpc) is 1.84. The molecule has 0 aromatic heterocycles. The van der Waals surface area contributed by atoms with Crippen molar-refractivity contribution in [3.8, 4) is 0 Å². The molecule has 1 heterocycles. The third-order valence-electron chi connectivity index (χ3n) is 0.861. The Morgan fingerprint density at radius 2 is 1.75 bits per heavy atom. The van der Waals surface area contributed by atoms with Crippen molar-refractivity contribution >= 4 is 12.4 Å². The molecule has 1 aliphatic rings. The molecule has 0 unspecified atom stereocenters. The summed E-state index contributed by atoms with van der Waals surface area (Å²) in [7, 11) is 0. The van der Waals surface area contributed by atoms with Gasteiger partial charge in [0.25, 0.3) is 0 Å². The van der Waals surface area contributed by atoms with Gasteiger partial charge in [0.2, 0.25) is 5.91 Å². The first-order chi connectivity index (χ1) is 3.21. The predicted molar refractivity (Wildman–Crippen MR) is 31.7 cm³/mol. The molecule has 0 aromatic carbocycles. The summed E-state index contributed by atoms with van der Waals surface area (Å²) in [6.45, 7) is 2.93. The van der Waals surface area contributed by atoms with E-state index in [1.807, 2.05) is 0 Å². The normalized spacial score (nSPS) is 24.8. The van der Waals surface area contributed by atoms with Gasteiger partial charge in [-0.3, -0.25) is 5.73 Å². The van der Waals surface area contributed by atoms with Crippen LogP contribution < -0.4 is 5.73 Å². The van der Waals surface area contributed by atoms with Crippen molar-refractivity contribution in [2.45, 2.75) is 12.8 Å². The monoisotopic (exact) mass is 139 g/mol. The molecule has 8 heavy (non-hydrogen) atoms. The lowest BCUT2D eigenvalue weighted by molar-refractivity contribution is -0.136. The lowest BCUT2D eigenvalue weighted by Gasteiger charge is -2.13. The fourth-order valence-corrected chi connectivity index (χ4v) is 0.530. The van der Waals surface area contributed by atoms with Crippen molar-refractivity contribution in [1.29, 1.82) is 0 Å². The Bertz CT molecular complexity index is 68.4. The minimum atomic E-state index is -0.806. The van der Waals surface area contributed by atoms with Gasteiger partial charge >= 0.3 is 0 Å². The maximum atomic E-state index is 5.33. The topological polar surface area (TPSA) is 44.5 Å². The van der Waals surface area contributed by atoms with Crippen LogP contribution in [0.5, 0.6) is 0 Å². The molecule has 1 fully saturated rings. The highest BCUT2D eigenvalue weighted by Gasteiger charge is 2.24. The van der Waals surface area contributed by atoms with Gasteiger partial charge in [-0.2, -0.15) is 0 Å². The fourth-order valence-electron chi connectivity index (χ4n) is 0.530. The van der Waals surface area contributed by atoms with Gasteiger partial charge < -0.3 is 9.47 Å². The van der Waals surface area contributed by atoms with Gasteiger partial charge in [0.05, 0.1) is 13.2 Å². The zero-order chi connectivity index (χ0) is 5.33. The number of hydrogen-bond acceptors (Lipinski definition) is 3. The predicted octanol–water partition coefficient (Wildman–Crippen LogP) is 0.0874. The molecule has 0 bridgehead atoms. The van der Waals surface area contributed by atoms with Crippen LogP contribution in [0.15, 0.2) is 0 Å². The van der Waals surface area contributed by atoms with Gasteiger partial charge in [0.1, 0.15) is 0 Å². The number of halogens is 1. The van der Waals surface area contributed by atoms with Crippen LogP contribution in [0.4, 0.5) is 0 Å². The van der Waals surface area contributed by atoms with Gasteiger partial charge in [0, 0.05) is 6.92 Å². The van der Waals surface area contributed by atoms with Crippen LogP contribution in [0.25, 0.3) is 0 Å². The molecule has 4 heteroatoms. The molecule has 0 aromatic rings. The molecule has 1 aliphatic heterocycles. The van der Waals surface area contributed by atoms with Crippen molar-refractivity contribution in [2.75, 3.05) is 13.2 Å². The summed E-state index contributed by atoms with van der Waals surface area (Å²) in [6, 6.07) is 0. The van der Waals surface area contributed by atoms with Crippen molar-refractivity contribution in [1.82, 2.24) is 0 Å². The van der Waals surface area contributed by atoms with Crippen LogP contribution >= 0.6 is 12.4 Å². The van der Waals surface area contributed by atoms with Crippen molar-refractivity contribution in [3.05, 3.63) is 0 Å². The lowest BCUT2D eigenvalue weighted by atomic mass is 10.6. The van der Waals surface area contributed by atoms with E-state index in [-0.39, 0.29) is 12.4 Å². The molecule has 0 radical (unpaired) electrons. The molecule has 0 spiro atoms. The number of ether oxygens (including phenoxy) is 2. The first-order valence-electron chi connectivity index (χ1n) is 2.27. The van der Waals surface area contributed by atoms with E-state index in [1.54, 1.807) is 6.92 Å². The van der Waals surface area contributed by atoms with Crippen LogP contribution in [-0.2, 0) is 9.47 Å². The Morgan fingerprint density at radius 3 is 1.88 bits per heavy atom. The number of hydrogen-bond donors (Lipinski definition) is 1. The molecule has 0 saturated carbocycles. The van der Waals surface area contributed by atoms with E-state index in [9.17, 15) is 0 Å². The fraction of sp³-hybridized carbons (Fsp3) is 1.00. The average molecular weight is 140 g/mol.